The van der Waals surface area contributed by atoms with Gasteiger partial charge in [-0.2, -0.15) is 0 Å². The summed E-state index contributed by atoms with van der Waals surface area (Å²) in [6.45, 7) is -0.211. The van der Waals surface area contributed by atoms with Crippen molar-refractivity contribution >= 4 is 29.4 Å². The fraction of sp³-hybridized carbons (Fsp3) is 0.500. The van der Waals surface area contributed by atoms with Gasteiger partial charge in [-0.3, -0.25) is 23.6 Å². The summed E-state index contributed by atoms with van der Waals surface area (Å²) in [4.78, 5) is 63.2. The second-order valence-corrected chi connectivity index (χ2v) is 7.00. The van der Waals surface area contributed by atoms with E-state index in [0.717, 1.165) is 9.47 Å². The third-order valence-corrected chi connectivity index (χ3v) is 5.32. The van der Waals surface area contributed by atoms with Crippen molar-refractivity contribution in [2.75, 3.05) is 20.6 Å². The maximum atomic E-state index is 12.8. The van der Waals surface area contributed by atoms with Gasteiger partial charge in [-0.25, -0.2) is 19.6 Å². The van der Waals surface area contributed by atoms with Crippen LogP contribution < -0.4 is 11.2 Å². The van der Waals surface area contributed by atoms with Gasteiger partial charge in [-0.15, -0.1) is 0 Å². The van der Waals surface area contributed by atoms with Gasteiger partial charge in [0.25, 0.3) is 11.5 Å². The monoisotopic (exact) mass is 388 g/mol. The summed E-state index contributed by atoms with van der Waals surface area (Å²) in [7, 11) is 6.47. The molecule has 12 nitrogen and oxygen atoms in total. The van der Waals surface area contributed by atoms with Gasteiger partial charge < -0.3 is 14.4 Å². The Kier molecular flexibility index (Phi) is 3.87. The lowest BCUT2D eigenvalue weighted by Gasteiger charge is -2.40. The molecule has 2 aromatic heterocycles. The fourth-order valence-corrected chi connectivity index (χ4v) is 3.71. The van der Waals surface area contributed by atoms with E-state index in [4.69, 9.17) is 0 Å². The first-order chi connectivity index (χ1) is 13.2. The number of imide groups is 1. The second kappa shape index (κ2) is 6.04. The highest BCUT2D eigenvalue weighted by molar-refractivity contribution is 6.02. The Bertz CT molecular complexity index is 1140. The number of carbonyl (C=O) groups is 2. The van der Waals surface area contributed by atoms with Crippen molar-refractivity contribution in [2.45, 2.75) is 18.8 Å². The predicted molar refractivity (Wildman–Crippen MR) is 98.9 cm³/mol. The lowest BCUT2D eigenvalue weighted by atomic mass is 10.1. The topological polar surface area (TPSA) is 118 Å². The zero-order chi connectivity index (χ0) is 20.3. The Morgan fingerprint density at radius 3 is 2.46 bits per heavy atom. The average Bonchev–Trinajstić information content (AvgIpc) is 3.23. The maximum absolute atomic E-state index is 12.8. The molecular formula is C16H20N8O4. The van der Waals surface area contributed by atoms with Crippen LogP contribution in [0.2, 0.25) is 0 Å². The van der Waals surface area contributed by atoms with Crippen LogP contribution >= 0.6 is 0 Å². The highest BCUT2D eigenvalue weighted by atomic mass is 16.2. The molecule has 1 fully saturated rings. The van der Waals surface area contributed by atoms with E-state index >= 15 is 0 Å². The van der Waals surface area contributed by atoms with Crippen molar-refractivity contribution in [1.82, 2.24) is 33.4 Å². The molecule has 0 bridgehead atoms. The van der Waals surface area contributed by atoms with Gasteiger partial charge in [-0.05, 0) is 0 Å². The number of aryl methyl sites for hydroxylation is 2. The van der Waals surface area contributed by atoms with E-state index in [1.165, 1.54) is 33.7 Å². The molecule has 12 heteroatoms. The number of hydrogen-bond donors (Lipinski definition) is 0. The number of amides is 3. The van der Waals surface area contributed by atoms with E-state index in [1.54, 1.807) is 26.0 Å². The number of aromatic nitrogens is 4. The Balaban J connectivity index is 1.67. The summed E-state index contributed by atoms with van der Waals surface area (Å²) in [5.41, 5.74) is -0.506. The number of urea groups is 1. The van der Waals surface area contributed by atoms with Crippen molar-refractivity contribution in [3.63, 3.8) is 0 Å². The van der Waals surface area contributed by atoms with Crippen LogP contribution in [0.1, 0.15) is 0 Å². The minimum absolute atomic E-state index is 0.0996. The summed E-state index contributed by atoms with van der Waals surface area (Å²) in [5, 5.41) is 0. The standard InChI is InChI=1S/C16H20N8O4/c1-19-7-17-11-9(19)13(25)23(15(27)21(11)3)5-6-24-14(26)10-12(18-8-20(10)2)22(4)16(24)28/h7-9,11H,5-6H2,1-4H3/t9-,11+/m1/s1. The van der Waals surface area contributed by atoms with Crippen molar-refractivity contribution in [2.24, 2.45) is 19.1 Å². The SMILES string of the molecule is CN1C=N[C@@H]2[C@@H]1C(=O)N(CCn1c(=O)c3c(ncn3C)n(C)c1=O)C(=O)N2C. The molecule has 1 saturated heterocycles. The van der Waals surface area contributed by atoms with Gasteiger partial charge in [0.15, 0.2) is 23.4 Å². The van der Waals surface area contributed by atoms with Crippen molar-refractivity contribution in [3.8, 4) is 0 Å². The van der Waals surface area contributed by atoms with Crippen LogP contribution in [0.5, 0.6) is 0 Å². The summed E-state index contributed by atoms with van der Waals surface area (Å²) in [6, 6.07) is -1.12. The Morgan fingerprint density at radius 1 is 1.04 bits per heavy atom. The zero-order valence-electron chi connectivity index (χ0n) is 15.9. The van der Waals surface area contributed by atoms with Crippen LogP contribution in [0.25, 0.3) is 11.2 Å². The Hall–Kier alpha value is -3.44. The summed E-state index contributed by atoms with van der Waals surface area (Å²) < 4.78 is 3.83. The van der Waals surface area contributed by atoms with Gasteiger partial charge >= 0.3 is 11.7 Å². The lowest BCUT2D eigenvalue weighted by molar-refractivity contribution is -0.137. The molecule has 0 unspecified atom stereocenters. The highest BCUT2D eigenvalue weighted by Gasteiger charge is 2.48. The number of hydrogen-bond acceptors (Lipinski definition) is 7. The quantitative estimate of drug-likeness (QED) is 0.600. The van der Waals surface area contributed by atoms with Crippen molar-refractivity contribution in [1.29, 1.82) is 0 Å². The third kappa shape index (κ3) is 2.30. The molecule has 2 aliphatic heterocycles. The number of carbonyl (C=O) groups excluding carboxylic acids is 2. The van der Waals surface area contributed by atoms with Crippen LogP contribution in [0, 0.1) is 0 Å². The van der Waals surface area contributed by atoms with E-state index in [-0.39, 0.29) is 24.3 Å². The van der Waals surface area contributed by atoms with Crippen LogP contribution in [-0.2, 0) is 25.4 Å². The number of likely N-dealkylation sites (N-methyl/N-ethyl adjacent to an activating group) is 2. The molecule has 0 N–H and O–H groups in total. The van der Waals surface area contributed by atoms with Gasteiger partial charge in [0, 0.05) is 41.3 Å². The van der Waals surface area contributed by atoms with E-state index in [0.29, 0.717) is 0 Å². The van der Waals surface area contributed by atoms with E-state index in [1.807, 2.05) is 0 Å². The minimum Gasteiger partial charge on any atom is -0.351 e. The van der Waals surface area contributed by atoms with Crippen LogP contribution in [-0.4, -0.2) is 84.5 Å². The predicted octanol–water partition coefficient (Wildman–Crippen LogP) is -2.00. The molecule has 2 atom stereocenters. The first-order valence-corrected chi connectivity index (χ1v) is 8.68. The smallest absolute Gasteiger partial charge is 0.332 e. The molecule has 2 aliphatic rings. The molecule has 3 amide bonds. The molecule has 0 radical (unpaired) electrons. The molecule has 148 valence electrons. The van der Waals surface area contributed by atoms with Crippen LogP contribution in [0.3, 0.4) is 0 Å². The van der Waals surface area contributed by atoms with Gasteiger partial charge in [0.05, 0.1) is 12.7 Å². The average molecular weight is 388 g/mol. The normalized spacial score (nSPS) is 21.9. The number of fused-ring (bicyclic) bond motifs is 2. The molecule has 28 heavy (non-hydrogen) atoms. The van der Waals surface area contributed by atoms with E-state index < -0.39 is 35.4 Å². The fourth-order valence-electron chi connectivity index (χ4n) is 3.71. The second-order valence-electron chi connectivity index (χ2n) is 7.00. The number of rotatable bonds is 3. The Labute approximate surface area is 158 Å². The van der Waals surface area contributed by atoms with E-state index in [2.05, 4.69) is 9.98 Å². The Morgan fingerprint density at radius 2 is 1.75 bits per heavy atom. The largest absolute Gasteiger partial charge is 0.351 e. The zero-order valence-corrected chi connectivity index (χ0v) is 15.9. The van der Waals surface area contributed by atoms with Gasteiger partial charge in [0.1, 0.15) is 0 Å². The minimum atomic E-state index is -0.609. The summed E-state index contributed by atoms with van der Waals surface area (Å²) >= 11 is 0. The first-order valence-electron chi connectivity index (χ1n) is 8.68. The molecule has 4 rings (SSSR count). The van der Waals surface area contributed by atoms with Crippen molar-refractivity contribution in [3.05, 3.63) is 27.2 Å². The molecule has 0 spiro atoms. The van der Waals surface area contributed by atoms with Gasteiger partial charge in [-0.1, -0.05) is 0 Å². The van der Waals surface area contributed by atoms with E-state index in [9.17, 15) is 19.2 Å². The third-order valence-electron chi connectivity index (χ3n) is 5.32. The molecule has 0 aromatic carbocycles. The summed E-state index contributed by atoms with van der Waals surface area (Å²) in [5.74, 6) is -0.403. The molecule has 2 aromatic rings. The summed E-state index contributed by atoms with van der Waals surface area (Å²) in [6.07, 6.45) is 2.41. The van der Waals surface area contributed by atoms with Crippen molar-refractivity contribution < 1.29 is 9.59 Å². The van der Waals surface area contributed by atoms with Crippen LogP contribution in [0.15, 0.2) is 20.9 Å². The first kappa shape index (κ1) is 17.9. The van der Waals surface area contributed by atoms with Gasteiger partial charge in [0.2, 0.25) is 0 Å². The van der Waals surface area contributed by atoms with Crippen LogP contribution in [0.4, 0.5) is 4.79 Å². The maximum Gasteiger partial charge on any atom is 0.332 e. The molecular weight excluding hydrogens is 368 g/mol. The lowest BCUT2D eigenvalue weighted by Crippen LogP contribution is -2.64. The molecule has 0 saturated carbocycles. The number of aliphatic imine (C=N–C) groups is 1. The number of nitrogens with zero attached hydrogens (tertiary/aromatic N) is 8. The molecule has 0 aliphatic carbocycles. The number of imidazole rings is 1. The highest BCUT2D eigenvalue weighted by Crippen LogP contribution is 2.24. The molecule has 4 heterocycles.